The Morgan fingerprint density at radius 3 is 2.29 bits per heavy atom. The van der Waals surface area contributed by atoms with Gasteiger partial charge in [0.15, 0.2) is 0 Å². The van der Waals surface area contributed by atoms with E-state index in [4.69, 9.17) is 4.74 Å². The summed E-state index contributed by atoms with van der Waals surface area (Å²) in [6, 6.07) is 14.6. The fraction of sp³-hybridized carbons (Fsp3) is 0.389. The highest BCUT2D eigenvalue weighted by molar-refractivity contribution is 5.36. The lowest BCUT2D eigenvalue weighted by molar-refractivity contribution is 0.237. The molecule has 0 saturated heterocycles. The number of nitrogens with one attached hydrogen (secondary N) is 1. The lowest BCUT2D eigenvalue weighted by Crippen LogP contribution is -2.24. The van der Waals surface area contributed by atoms with E-state index in [1.807, 2.05) is 56.4 Å². The van der Waals surface area contributed by atoms with Gasteiger partial charge in [-0.15, -0.1) is 0 Å². The Bertz CT molecular complexity index is 554. The number of para-hydroxylation sites is 1. The first-order valence-electron chi connectivity index (χ1n) is 7.50. The molecule has 0 radical (unpaired) electrons. The molecule has 0 bridgehead atoms. The second-order valence-corrected chi connectivity index (χ2v) is 5.57. The maximum absolute atomic E-state index is 5.90. The van der Waals surface area contributed by atoms with Crippen LogP contribution in [-0.4, -0.2) is 11.1 Å². The van der Waals surface area contributed by atoms with Gasteiger partial charge in [-0.2, -0.15) is 0 Å². The molecule has 1 N–H and O–H groups in total. The van der Waals surface area contributed by atoms with Crippen molar-refractivity contribution in [3.05, 3.63) is 59.9 Å². The minimum atomic E-state index is 0.173. The van der Waals surface area contributed by atoms with Crippen molar-refractivity contribution in [3.63, 3.8) is 0 Å². The maximum Gasteiger partial charge on any atom is 0.124 e. The number of hydrogen-bond acceptors (Lipinski definition) is 3. The predicted molar refractivity (Wildman–Crippen MR) is 86.4 cm³/mol. The molecule has 0 aliphatic heterocycles. The second-order valence-electron chi connectivity index (χ2n) is 5.57. The monoisotopic (exact) mass is 284 g/mol. The molecule has 2 unspecified atom stereocenters. The van der Waals surface area contributed by atoms with Gasteiger partial charge in [-0.3, -0.25) is 4.98 Å². The summed E-state index contributed by atoms with van der Waals surface area (Å²) in [5, 5.41) is 3.58. The predicted octanol–water partition coefficient (Wildman–Crippen LogP) is 4.28. The number of ether oxygens (including phenoxy) is 1. The number of pyridine rings is 1. The zero-order valence-electron chi connectivity index (χ0n) is 13.2. The van der Waals surface area contributed by atoms with E-state index in [2.05, 4.69) is 30.2 Å². The van der Waals surface area contributed by atoms with Gasteiger partial charge in [0.25, 0.3) is 0 Å². The number of rotatable bonds is 6. The summed E-state index contributed by atoms with van der Waals surface area (Å²) in [4.78, 5) is 4.40. The smallest absolute Gasteiger partial charge is 0.124 e. The summed E-state index contributed by atoms with van der Waals surface area (Å²) in [6.07, 6.45) is 2.00. The Labute approximate surface area is 127 Å². The summed E-state index contributed by atoms with van der Waals surface area (Å²) in [6.45, 7) is 8.38. The average molecular weight is 284 g/mol. The molecule has 0 aliphatic carbocycles. The van der Waals surface area contributed by atoms with Crippen LogP contribution in [0.15, 0.2) is 48.7 Å². The second kappa shape index (κ2) is 7.23. The molecule has 0 saturated carbocycles. The number of benzene rings is 1. The molecule has 2 rings (SSSR count). The molecule has 3 nitrogen and oxygen atoms in total. The van der Waals surface area contributed by atoms with Crippen molar-refractivity contribution in [1.82, 2.24) is 10.3 Å². The SMILES string of the molecule is CC(C)Oc1ccccc1C(C)NC(C)c1ccccn1. The third-order valence-corrected chi connectivity index (χ3v) is 3.38. The lowest BCUT2D eigenvalue weighted by Gasteiger charge is -2.23. The third kappa shape index (κ3) is 4.30. The van der Waals surface area contributed by atoms with Crippen LogP contribution >= 0.6 is 0 Å². The molecule has 21 heavy (non-hydrogen) atoms. The fourth-order valence-corrected chi connectivity index (χ4v) is 2.38. The number of aromatic nitrogens is 1. The van der Waals surface area contributed by atoms with Crippen LogP contribution in [0, 0.1) is 0 Å². The van der Waals surface area contributed by atoms with E-state index < -0.39 is 0 Å². The Morgan fingerprint density at radius 2 is 1.62 bits per heavy atom. The normalized spacial score (nSPS) is 14.0. The first-order valence-corrected chi connectivity index (χ1v) is 7.50. The van der Waals surface area contributed by atoms with Crippen LogP contribution in [0.25, 0.3) is 0 Å². The highest BCUT2D eigenvalue weighted by Crippen LogP contribution is 2.27. The van der Waals surface area contributed by atoms with Crippen LogP contribution in [0.3, 0.4) is 0 Å². The summed E-state index contributed by atoms with van der Waals surface area (Å²) in [5.74, 6) is 0.945. The van der Waals surface area contributed by atoms with Gasteiger partial charge in [-0.25, -0.2) is 0 Å². The first-order chi connectivity index (χ1) is 10.1. The van der Waals surface area contributed by atoms with Gasteiger partial charge in [-0.1, -0.05) is 24.3 Å². The standard InChI is InChI=1S/C18H24N2O/c1-13(2)21-18-11-6-5-9-16(18)14(3)20-15(4)17-10-7-8-12-19-17/h5-15,20H,1-4H3. The lowest BCUT2D eigenvalue weighted by atomic mass is 10.1. The molecule has 2 atom stereocenters. The number of nitrogens with zero attached hydrogens (tertiary/aromatic N) is 1. The molecule has 3 heteroatoms. The van der Waals surface area contributed by atoms with Gasteiger partial charge < -0.3 is 10.1 Å². The summed E-state index contributed by atoms with van der Waals surface area (Å²) in [7, 11) is 0. The maximum atomic E-state index is 5.90. The fourth-order valence-electron chi connectivity index (χ4n) is 2.38. The minimum Gasteiger partial charge on any atom is -0.491 e. The zero-order chi connectivity index (χ0) is 15.2. The molecule has 1 aromatic heterocycles. The minimum absolute atomic E-state index is 0.173. The van der Waals surface area contributed by atoms with Gasteiger partial charge in [0, 0.05) is 23.8 Å². The van der Waals surface area contributed by atoms with Crippen LogP contribution < -0.4 is 10.1 Å². The molecular weight excluding hydrogens is 260 g/mol. The van der Waals surface area contributed by atoms with Crippen molar-refractivity contribution in [2.75, 3.05) is 0 Å². The summed E-state index contributed by atoms with van der Waals surface area (Å²) in [5.41, 5.74) is 2.22. The van der Waals surface area contributed by atoms with Crippen molar-refractivity contribution in [3.8, 4) is 5.75 Å². The zero-order valence-corrected chi connectivity index (χ0v) is 13.2. The van der Waals surface area contributed by atoms with Gasteiger partial charge >= 0.3 is 0 Å². The molecule has 2 aromatic rings. The van der Waals surface area contributed by atoms with Crippen LogP contribution in [0.1, 0.15) is 51.0 Å². The van der Waals surface area contributed by atoms with Crippen molar-refractivity contribution in [2.45, 2.75) is 45.9 Å². The number of hydrogen-bond donors (Lipinski definition) is 1. The van der Waals surface area contributed by atoms with Crippen LogP contribution in [0.5, 0.6) is 5.75 Å². The van der Waals surface area contributed by atoms with Gasteiger partial charge in [-0.05, 0) is 45.9 Å². The van der Waals surface area contributed by atoms with E-state index in [0.717, 1.165) is 11.4 Å². The molecule has 0 amide bonds. The van der Waals surface area contributed by atoms with Gasteiger partial charge in [0.05, 0.1) is 11.8 Å². The van der Waals surface area contributed by atoms with Gasteiger partial charge in [0.2, 0.25) is 0 Å². The quantitative estimate of drug-likeness (QED) is 0.859. The Hall–Kier alpha value is -1.87. The highest BCUT2D eigenvalue weighted by atomic mass is 16.5. The summed E-state index contributed by atoms with van der Waals surface area (Å²) >= 11 is 0. The van der Waals surface area contributed by atoms with Crippen molar-refractivity contribution >= 4 is 0 Å². The molecule has 0 spiro atoms. The Balaban J connectivity index is 2.11. The van der Waals surface area contributed by atoms with Crippen molar-refractivity contribution < 1.29 is 4.74 Å². The Kier molecular flexibility index (Phi) is 5.34. The van der Waals surface area contributed by atoms with Crippen LogP contribution in [0.2, 0.25) is 0 Å². The Morgan fingerprint density at radius 1 is 0.905 bits per heavy atom. The van der Waals surface area contributed by atoms with E-state index in [-0.39, 0.29) is 18.2 Å². The topological polar surface area (TPSA) is 34.1 Å². The molecule has 112 valence electrons. The molecule has 1 aromatic carbocycles. The van der Waals surface area contributed by atoms with E-state index in [1.165, 1.54) is 5.56 Å². The molecule has 0 aliphatic rings. The van der Waals surface area contributed by atoms with Crippen molar-refractivity contribution in [1.29, 1.82) is 0 Å². The van der Waals surface area contributed by atoms with Crippen LogP contribution in [0.4, 0.5) is 0 Å². The van der Waals surface area contributed by atoms with E-state index >= 15 is 0 Å². The first kappa shape index (κ1) is 15.5. The van der Waals surface area contributed by atoms with Crippen molar-refractivity contribution in [2.24, 2.45) is 0 Å². The highest BCUT2D eigenvalue weighted by Gasteiger charge is 2.15. The van der Waals surface area contributed by atoms with Crippen LogP contribution in [-0.2, 0) is 0 Å². The van der Waals surface area contributed by atoms with E-state index in [0.29, 0.717) is 0 Å². The van der Waals surface area contributed by atoms with E-state index in [9.17, 15) is 0 Å². The average Bonchev–Trinajstić information content (AvgIpc) is 2.48. The molecule has 1 heterocycles. The van der Waals surface area contributed by atoms with E-state index in [1.54, 1.807) is 0 Å². The molecule has 0 fully saturated rings. The largest absolute Gasteiger partial charge is 0.491 e. The van der Waals surface area contributed by atoms with Gasteiger partial charge in [0.1, 0.15) is 5.75 Å². The molecular formula is C18H24N2O. The summed E-state index contributed by atoms with van der Waals surface area (Å²) < 4.78 is 5.90. The third-order valence-electron chi connectivity index (χ3n) is 3.38.